The number of para-hydroxylation sites is 1. The van der Waals surface area contributed by atoms with Gasteiger partial charge in [0, 0.05) is 16.8 Å². The van der Waals surface area contributed by atoms with Crippen LogP contribution in [0.15, 0.2) is 47.3 Å². The highest BCUT2D eigenvalue weighted by Gasteiger charge is 2.19. The van der Waals surface area contributed by atoms with Crippen LogP contribution < -0.4 is 10.9 Å². The Balaban J connectivity index is 1.76. The molecular formula is C22H20FN3O2S. The van der Waals surface area contributed by atoms with Crippen LogP contribution in [-0.2, 0) is 24.2 Å². The number of thiophene rings is 1. The van der Waals surface area contributed by atoms with Crippen LogP contribution in [0.5, 0.6) is 0 Å². The molecule has 1 amide bonds. The molecule has 2 aromatic carbocycles. The maximum Gasteiger partial charge on any atom is 0.272 e. The monoisotopic (exact) mass is 409 g/mol. The number of hydrogen-bond acceptors (Lipinski definition) is 4. The molecule has 0 radical (unpaired) electrons. The normalized spacial score (nSPS) is 11.3. The molecular weight excluding hydrogens is 389 g/mol. The SMILES string of the molecule is CCc1ccccc1NC(=O)Cn1c(CC)nc2c(sc3cccc(F)c32)c1=O. The zero-order valence-electron chi connectivity index (χ0n) is 16.2. The molecule has 2 aromatic heterocycles. The Kier molecular flexibility index (Phi) is 5.15. The molecule has 0 bridgehead atoms. The van der Waals surface area contributed by atoms with E-state index >= 15 is 0 Å². The molecule has 7 heteroatoms. The molecule has 4 rings (SSSR count). The van der Waals surface area contributed by atoms with E-state index in [0.29, 0.717) is 32.5 Å². The summed E-state index contributed by atoms with van der Waals surface area (Å²) >= 11 is 1.21. The topological polar surface area (TPSA) is 64.0 Å². The van der Waals surface area contributed by atoms with Crippen molar-refractivity contribution in [3.05, 3.63) is 70.0 Å². The van der Waals surface area contributed by atoms with Crippen LogP contribution in [0.1, 0.15) is 25.2 Å². The highest BCUT2D eigenvalue weighted by molar-refractivity contribution is 7.25. The summed E-state index contributed by atoms with van der Waals surface area (Å²) < 4.78 is 16.8. The fourth-order valence-electron chi connectivity index (χ4n) is 3.49. The minimum atomic E-state index is -0.394. The van der Waals surface area contributed by atoms with Gasteiger partial charge in [0.15, 0.2) is 0 Å². The predicted octanol–water partition coefficient (Wildman–Crippen LogP) is 4.51. The van der Waals surface area contributed by atoms with Crippen LogP contribution in [0, 0.1) is 5.82 Å². The zero-order valence-corrected chi connectivity index (χ0v) is 17.0. The van der Waals surface area contributed by atoms with E-state index in [4.69, 9.17) is 0 Å². The summed E-state index contributed by atoms with van der Waals surface area (Å²) in [4.78, 5) is 30.4. The van der Waals surface area contributed by atoms with Gasteiger partial charge >= 0.3 is 0 Å². The van der Waals surface area contributed by atoms with Crippen LogP contribution in [0.4, 0.5) is 10.1 Å². The van der Waals surface area contributed by atoms with E-state index in [1.165, 1.54) is 22.0 Å². The largest absolute Gasteiger partial charge is 0.324 e. The van der Waals surface area contributed by atoms with Crippen LogP contribution >= 0.6 is 11.3 Å². The maximum atomic E-state index is 14.3. The van der Waals surface area contributed by atoms with Gasteiger partial charge in [0.25, 0.3) is 5.56 Å². The number of fused-ring (bicyclic) bond motifs is 3. The number of rotatable bonds is 5. The van der Waals surface area contributed by atoms with E-state index < -0.39 is 5.82 Å². The molecule has 0 atom stereocenters. The van der Waals surface area contributed by atoms with Gasteiger partial charge in [0.05, 0.1) is 10.9 Å². The number of benzene rings is 2. The highest BCUT2D eigenvalue weighted by atomic mass is 32.1. The molecule has 5 nitrogen and oxygen atoms in total. The van der Waals surface area contributed by atoms with Gasteiger partial charge in [-0.1, -0.05) is 38.1 Å². The van der Waals surface area contributed by atoms with Gasteiger partial charge in [0.2, 0.25) is 5.91 Å². The fourth-order valence-corrected chi connectivity index (χ4v) is 4.59. The number of nitrogens with one attached hydrogen (secondary N) is 1. The van der Waals surface area contributed by atoms with Gasteiger partial charge in [-0.15, -0.1) is 11.3 Å². The van der Waals surface area contributed by atoms with Crippen molar-refractivity contribution < 1.29 is 9.18 Å². The number of nitrogens with zero attached hydrogens (tertiary/aromatic N) is 2. The second-order valence-electron chi connectivity index (χ2n) is 6.72. The number of carbonyl (C=O) groups excluding carboxylic acids is 1. The van der Waals surface area contributed by atoms with Crippen LogP contribution in [-0.4, -0.2) is 15.5 Å². The number of amides is 1. The van der Waals surface area contributed by atoms with Gasteiger partial charge < -0.3 is 5.32 Å². The predicted molar refractivity (Wildman–Crippen MR) is 115 cm³/mol. The van der Waals surface area contributed by atoms with Crippen LogP contribution in [0.3, 0.4) is 0 Å². The fraction of sp³-hybridized carbons (Fsp3) is 0.227. The van der Waals surface area contributed by atoms with Gasteiger partial charge in [-0.3, -0.25) is 14.2 Å². The van der Waals surface area contributed by atoms with Gasteiger partial charge in [0.1, 0.15) is 22.9 Å². The van der Waals surface area contributed by atoms with Crippen molar-refractivity contribution in [1.29, 1.82) is 0 Å². The molecule has 0 aliphatic heterocycles. The Morgan fingerprint density at radius 1 is 1.14 bits per heavy atom. The summed E-state index contributed by atoms with van der Waals surface area (Å²) in [7, 11) is 0. The smallest absolute Gasteiger partial charge is 0.272 e. The molecule has 0 aliphatic rings. The van der Waals surface area contributed by atoms with Gasteiger partial charge in [-0.2, -0.15) is 0 Å². The lowest BCUT2D eigenvalue weighted by Crippen LogP contribution is -2.30. The van der Waals surface area contributed by atoms with Crippen molar-refractivity contribution in [3.8, 4) is 0 Å². The van der Waals surface area contributed by atoms with E-state index in [2.05, 4.69) is 10.3 Å². The Morgan fingerprint density at radius 2 is 1.93 bits per heavy atom. The Bertz CT molecular complexity index is 1290. The Labute approximate surface area is 170 Å². The van der Waals surface area contributed by atoms with E-state index in [1.807, 2.05) is 38.1 Å². The van der Waals surface area contributed by atoms with E-state index in [0.717, 1.165) is 17.7 Å². The number of aryl methyl sites for hydroxylation is 2. The molecule has 4 aromatic rings. The molecule has 1 N–H and O–H groups in total. The second kappa shape index (κ2) is 7.75. The first-order chi connectivity index (χ1) is 14.0. The van der Waals surface area contributed by atoms with Crippen LogP contribution in [0.2, 0.25) is 0 Å². The molecule has 2 heterocycles. The lowest BCUT2D eigenvalue weighted by atomic mass is 10.1. The Morgan fingerprint density at radius 3 is 2.69 bits per heavy atom. The third kappa shape index (κ3) is 3.42. The van der Waals surface area contributed by atoms with Crippen LogP contribution in [0.25, 0.3) is 20.3 Å². The second-order valence-corrected chi connectivity index (χ2v) is 7.78. The first-order valence-corrected chi connectivity index (χ1v) is 10.3. The minimum Gasteiger partial charge on any atom is -0.324 e. The lowest BCUT2D eigenvalue weighted by molar-refractivity contribution is -0.116. The quantitative estimate of drug-likeness (QED) is 0.527. The third-order valence-corrected chi connectivity index (χ3v) is 6.05. The number of aromatic nitrogens is 2. The van der Waals surface area contributed by atoms with Crippen molar-refractivity contribution in [1.82, 2.24) is 9.55 Å². The molecule has 0 unspecified atom stereocenters. The first kappa shape index (κ1) is 19.3. The lowest BCUT2D eigenvalue weighted by Gasteiger charge is -2.13. The summed E-state index contributed by atoms with van der Waals surface area (Å²) in [5.41, 5.74) is 1.82. The number of hydrogen-bond donors (Lipinski definition) is 1. The zero-order chi connectivity index (χ0) is 20.5. The average Bonchev–Trinajstić information content (AvgIpc) is 3.10. The molecule has 0 aliphatic carbocycles. The first-order valence-electron chi connectivity index (χ1n) is 9.51. The van der Waals surface area contributed by atoms with E-state index in [9.17, 15) is 14.0 Å². The van der Waals surface area contributed by atoms with Gasteiger partial charge in [-0.25, -0.2) is 9.37 Å². The Hall–Kier alpha value is -3.06. The highest BCUT2D eigenvalue weighted by Crippen LogP contribution is 2.32. The van der Waals surface area contributed by atoms with Crippen molar-refractivity contribution in [2.45, 2.75) is 33.2 Å². The van der Waals surface area contributed by atoms with Crippen molar-refractivity contribution in [3.63, 3.8) is 0 Å². The maximum absolute atomic E-state index is 14.3. The van der Waals surface area contributed by atoms with Crippen molar-refractivity contribution >= 4 is 43.2 Å². The van der Waals surface area contributed by atoms with Gasteiger partial charge in [-0.05, 0) is 30.2 Å². The average molecular weight is 409 g/mol. The van der Waals surface area contributed by atoms with E-state index in [-0.39, 0.29) is 18.0 Å². The number of anilines is 1. The number of carbonyl (C=O) groups is 1. The summed E-state index contributed by atoms with van der Waals surface area (Å²) in [6.07, 6.45) is 1.24. The summed E-state index contributed by atoms with van der Waals surface area (Å²) in [6, 6.07) is 12.3. The molecule has 0 saturated carbocycles. The summed E-state index contributed by atoms with van der Waals surface area (Å²) in [5.74, 6) is -0.227. The third-order valence-electron chi connectivity index (χ3n) is 4.92. The molecule has 29 heavy (non-hydrogen) atoms. The summed E-state index contributed by atoms with van der Waals surface area (Å²) in [5, 5.41) is 3.26. The van der Waals surface area contributed by atoms with Crippen molar-refractivity contribution in [2.75, 3.05) is 5.32 Å². The number of halogens is 1. The standard InChI is InChI=1S/C22H20FN3O2S/c1-3-13-8-5-6-10-15(13)24-18(27)12-26-17(4-2)25-20-19-14(23)9-7-11-16(19)29-21(20)22(26)28/h5-11H,3-4,12H2,1-2H3,(H,24,27). The molecule has 148 valence electrons. The molecule has 0 spiro atoms. The summed E-state index contributed by atoms with van der Waals surface area (Å²) in [6.45, 7) is 3.74. The van der Waals surface area contributed by atoms with E-state index in [1.54, 1.807) is 12.1 Å². The van der Waals surface area contributed by atoms with Crippen molar-refractivity contribution in [2.24, 2.45) is 0 Å². The molecule has 0 fully saturated rings. The minimum absolute atomic E-state index is 0.139. The molecule has 0 saturated heterocycles.